The van der Waals surface area contributed by atoms with Crippen LogP contribution < -0.4 is 0 Å². The minimum absolute atomic E-state index is 0.144. The number of nitrogens with zero attached hydrogens (tertiary/aromatic N) is 4. The first-order valence-electron chi connectivity index (χ1n) is 13.5. The molecule has 0 bridgehead atoms. The summed E-state index contributed by atoms with van der Waals surface area (Å²) in [6.45, 7) is 13.1. The molecule has 2 aromatic carbocycles. The van der Waals surface area contributed by atoms with E-state index in [9.17, 15) is 0 Å². The van der Waals surface area contributed by atoms with Crippen LogP contribution in [0.1, 0.15) is 75.8 Å². The fourth-order valence-electron chi connectivity index (χ4n) is 5.10. The van der Waals surface area contributed by atoms with Crippen molar-refractivity contribution in [3.05, 3.63) is 84.0 Å². The Morgan fingerprint density at radius 3 is 2.08 bits per heavy atom. The van der Waals surface area contributed by atoms with Gasteiger partial charge in [0, 0.05) is 37.4 Å². The summed E-state index contributed by atoms with van der Waals surface area (Å²) in [6, 6.07) is 14.6. The highest BCUT2D eigenvalue weighted by Crippen LogP contribution is 2.25. The van der Waals surface area contributed by atoms with Crippen LogP contribution >= 0.6 is 0 Å². The van der Waals surface area contributed by atoms with Crippen LogP contribution in [0.2, 0.25) is 0 Å². The molecule has 2 atom stereocenters. The summed E-state index contributed by atoms with van der Waals surface area (Å²) in [5.41, 5.74) is 2.73. The molecule has 2 heterocycles. The molecule has 36 heavy (non-hydrogen) atoms. The normalized spacial score (nSPS) is 13.6. The Balaban J connectivity index is 1.45. The lowest BCUT2D eigenvalue weighted by Crippen LogP contribution is -2.34. The second-order valence-electron chi connectivity index (χ2n) is 10.0. The van der Waals surface area contributed by atoms with Gasteiger partial charge in [0.25, 0.3) is 0 Å². The number of rotatable bonds is 14. The van der Waals surface area contributed by atoms with E-state index in [4.69, 9.17) is 0 Å². The van der Waals surface area contributed by atoms with Crippen molar-refractivity contribution in [2.24, 2.45) is 0 Å². The predicted octanol–water partition coefficient (Wildman–Crippen LogP) is 6.49. The highest BCUT2D eigenvalue weighted by molar-refractivity contribution is 5.83. The molecule has 0 spiro atoms. The van der Waals surface area contributed by atoms with Crippen LogP contribution in [-0.2, 0) is 19.5 Å². The van der Waals surface area contributed by atoms with Gasteiger partial charge >= 0.3 is 0 Å². The lowest BCUT2D eigenvalue weighted by molar-refractivity contribution is 0.181. The van der Waals surface area contributed by atoms with Gasteiger partial charge in [-0.2, -0.15) is 0 Å². The van der Waals surface area contributed by atoms with Crippen molar-refractivity contribution < 1.29 is 0 Å². The molecule has 0 amide bonds. The number of nitrogens with one attached hydrogen (secondary N) is 2. The Morgan fingerprint density at radius 2 is 1.44 bits per heavy atom. The number of aromatic amines is 2. The lowest BCUT2D eigenvalue weighted by Gasteiger charge is -2.28. The van der Waals surface area contributed by atoms with Crippen molar-refractivity contribution >= 4 is 10.8 Å². The molecule has 2 aromatic heterocycles. The van der Waals surface area contributed by atoms with Crippen molar-refractivity contribution in [1.29, 1.82) is 0 Å². The molecule has 0 aliphatic heterocycles. The molecule has 0 fully saturated rings. The predicted molar refractivity (Wildman–Crippen MR) is 149 cm³/mol. The van der Waals surface area contributed by atoms with Gasteiger partial charge in [-0.05, 0) is 80.6 Å². The first-order chi connectivity index (χ1) is 17.6. The molecule has 0 aliphatic carbocycles. The van der Waals surface area contributed by atoms with Gasteiger partial charge in [0.05, 0.1) is 12.6 Å². The molecule has 6 nitrogen and oxygen atoms in total. The molecule has 192 valence electrons. The third kappa shape index (κ3) is 6.83. The molecule has 4 aromatic rings. The largest absolute Gasteiger partial charge is 0.348 e. The quantitative estimate of drug-likeness (QED) is 0.214. The first-order valence-corrected chi connectivity index (χ1v) is 13.5. The fraction of sp³-hybridized carbons (Fsp3) is 0.467. The van der Waals surface area contributed by atoms with Crippen LogP contribution in [0.5, 0.6) is 0 Å². The summed E-state index contributed by atoms with van der Waals surface area (Å²) in [7, 11) is 0. The standard InChI is InChI=1S/C30H42N6/c1-5-17-35(18-6-2)23(3)7-8-25-9-11-28-20-26(10-12-27(28)19-25)21-36(22-29-31-13-14-32-29)24(4)30-33-15-16-34-30/h9-16,19-20,23-24H,5-8,17-18,21-22H2,1-4H3,(H,31,32)(H,33,34). The van der Waals surface area contributed by atoms with Crippen molar-refractivity contribution in [2.45, 2.75) is 78.6 Å². The summed E-state index contributed by atoms with van der Waals surface area (Å²) in [5.74, 6) is 1.93. The van der Waals surface area contributed by atoms with E-state index in [0.29, 0.717) is 6.04 Å². The summed E-state index contributed by atoms with van der Waals surface area (Å²) in [4.78, 5) is 20.5. The Kier molecular flexibility index (Phi) is 9.31. The Morgan fingerprint density at radius 1 is 0.778 bits per heavy atom. The number of aryl methyl sites for hydroxylation is 1. The van der Waals surface area contributed by atoms with Crippen molar-refractivity contribution in [3.8, 4) is 0 Å². The fourth-order valence-corrected chi connectivity index (χ4v) is 5.10. The minimum atomic E-state index is 0.144. The van der Waals surface area contributed by atoms with Gasteiger partial charge < -0.3 is 14.9 Å². The molecule has 0 saturated heterocycles. The van der Waals surface area contributed by atoms with Gasteiger partial charge in [-0.3, -0.25) is 4.90 Å². The Bertz CT molecular complexity index is 1160. The van der Waals surface area contributed by atoms with E-state index in [1.54, 1.807) is 0 Å². The second kappa shape index (κ2) is 12.8. The van der Waals surface area contributed by atoms with Gasteiger partial charge in [-0.1, -0.05) is 44.2 Å². The van der Waals surface area contributed by atoms with Crippen LogP contribution in [0.15, 0.2) is 61.2 Å². The minimum Gasteiger partial charge on any atom is -0.348 e. The monoisotopic (exact) mass is 486 g/mol. The van der Waals surface area contributed by atoms with E-state index in [0.717, 1.165) is 31.2 Å². The van der Waals surface area contributed by atoms with Crippen LogP contribution in [0, 0.1) is 0 Å². The van der Waals surface area contributed by atoms with Gasteiger partial charge in [-0.25, -0.2) is 9.97 Å². The van der Waals surface area contributed by atoms with E-state index in [-0.39, 0.29) is 6.04 Å². The Labute approximate surface area is 216 Å². The van der Waals surface area contributed by atoms with E-state index >= 15 is 0 Å². The van der Waals surface area contributed by atoms with Gasteiger partial charge in [0.2, 0.25) is 0 Å². The Hall–Kier alpha value is -2.96. The molecule has 0 saturated carbocycles. The second-order valence-corrected chi connectivity index (χ2v) is 10.0. The zero-order chi connectivity index (χ0) is 25.3. The number of fused-ring (bicyclic) bond motifs is 1. The summed E-state index contributed by atoms with van der Waals surface area (Å²) >= 11 is 0. The van der Waals surface area contributed by atoms with Crippen LogP contribution in [-0.4, -0.2) is 48.9 Å². The average molecular weight is 487 g/mol. The smallest absolute Gasteiger partial charge is 0.123 e. The van der Waals surface area contributed by atoms with Gasteiger partial charge in [0.1, 0.15) is 11.6 Å². The van der Waals surface area contributed by atoms with Gasteiger partial charge in [0.15, 0.2) is 0 Å². The van der Waals surface area contributed by atoms with Crippen LogP contribution in [0.4, 0.5) is 0 Å². The number of imidazole rings is 2. The maximum absolute atomic E-state index is 4.50. The number of hydrogen-bond acceptors (Lipinski definition) is 4. The van der Waals surface area contributed by atoms with Crippen molar-refractivity contribution in [1.82, 2.24) is 29.7 Å². The first kappa shape index (κ1) is 26.1. The number of aromatic nitrogens is 4. The molecule has 4 rings (SSSR count). The highest BCUT2D eigenvalue weighted by atomic mass is 15.2. The summed E-state index contributed by atoms with van der Waals surface area (Å²) < 4.78 is 0. The number of hydrogen-bond donors (Lipinski definition) is 2. The molecule has 0 radical (unpaired) electrons. The van der Waals surface area contributed by atoms with Crippen LogP contribution in [0.25, 0.3) is 10.8 Å². The van der Waals surface area contributed by atoms with E-state index in [1.165, 1.54) is 54.3 Å². The molecule has 2 unspecified atom stereocenters. The van der Waals surface area contributed by atoms with E-state index in [1.807, 2.05) is 24.8 Å². The van der Waals surface area contributed by atoms with Crippen molar-refractivity contribution in [2.75, 3.05) is 13.1 Å². The molecule has 0 aliphatic rings. The maximum Gasteiger partial charge on any atom is 0.123 e. The number of benzene rings is 2. The molecular weight excluding hydrogens is 444 g/mol. The third-order valence-corrected chi connectivity index (χ3v) is 7.22. The van der Waals surface area contributed by atoms with E-state index in [2.05, 4.69) is 93.8 Å². The topological polar surface area (TPSA) is 63.8 Å². The zero-order valence-corrected chi connectivity index (χ0v) is 22.4. The highest BCUT2D eigenvalue weighted by Gasteiger charge is 2.20. The molecular formula is C30H42N6. The number of H-pyrrole nitrogens is 2. The summed E-state index contributed by atoms with van der Waals surface area (Å²) in [5, 5.41) is 2.62. The molecule has 2 N–H and O–H groups in total. The molecule has 6 heteroatoms. The van der Waals surface area contributed by atoms with Gasteiger partial charge in [-0.15, -0.1) is 0 Å². The summed E-state index contributed by atoms with van der Waals surface area (Å²) in [6.07, 6.45) is 12.2. The average Bonchev–Trinajstić information content (AvgIpc) is 3.61. The van der Waals surface area contributed by atoms with Crippen molar-refractivity contribution in [3.63, 3.8) is 0 Å². The zero-order valence-electron chi connectivity index (χ0n) is 22.4. The van der Waals surface area contributed by atoms with Crippen LogP contribution in [0.3, 0.4) is 0 Å². The third-order valence-electron chi connectivity index (χ3n) is 7.22. The maximum atomic E-state index is 4.50. The van der Waals surface area contributed by atoms with E-state index < -0.39 is 0 Å². The lowest BCUT2D eigenvalue weighted by atomic mass is 9.99. The SMILES string of the molecule is CCCN(CCC)C(C)CCc1ccc2cc(CN(Cc3ncc[nH]3)C(C)c3ncc[nH]3)ccc2c1.